The zero-order chi connectivity index (χ0) is 9.14. The standard InChI is InChI=1S/C7H11N3O2/c1-8-6-3-5(4-7(11)12)10(2)9-6/h3H,4H2,1-2H3,(H,8,9)(H,11,12). The molecule has 0 aliphatic rings. The summed E-state index contributed by atoms with van der Waals surface area (Å²) in [5.74, 6) is -0.158. The molecule has 1 heterocycles. The second-order valence-corrected chi connectivity index (χ2v) is 2.47. The van der Waals surface area contributed by atoms with Crippen molar-refractivity contribution in [3.05, 3.63) is 11.8 Å². The highest BCUT2D eigenvalue weighted by Crippen LogP contribution is 2.07. The van der Waals surface area contributed by atoms with Gasteiger partial charge in [-0.15, -0.1) is 0 Å². The Kier molecular flexibility index (Phi) is 2.32. The largest absolute Gasteiger partial charge is 0.481 e. The smallest absolute Gasteiger partial charge is 0.309 e. The Morgan fingerprint density at radius 1 is 1.83 bits per heavy atom. The van der Waals surface area contributed by atoms with Crippen LogP contribution in [0.15, 0.2) is 6.07 Å². The number of nitrogens with one attached hydrogen (secondary N) is 1. The summed E-state index contributed by atoms with van der Waals surface area (Å²) in [6, 6.07) is 1.72. The first-order valence-corrected chi connectivity index (χ1v) is 3.56. The van der Waals surface area contributed by atoms with Crippen LogP contribution in [-0.4, -0.2) is 27.9 Å². The van der Waals surface area contributed by atoms with Crippen molar-refractivity contribution in [1.29, 1.82) is 0 Å². The average Bonchev–Trinajstić information content (AvgIpc) is 2.31. The van der Waals surface area contributed by atoms with Crippen LogP contribution in [0.3, 0.4) is 0 Å². The van der Waals surface area contributed by atoms with E-state index in [1.807, 2.05) is 0 Å². The third-order valence-corrected chi connectivity index (χ3v) is 1.57. The molecule has 0 spiro atoms. The molecule has 0 saturated heterocycles. The topological polar surface area (TPSA) is 67.2 Å². The van der Waals surface area contributed by atoms with Gasteiger partial charge in [0, 0.05) is 20.2 Å². The Hall–Kier alpha value is -1.52. The Labute approximate surface area is 70.0 Å². The molecule has 66 valence electrons. The fraction of sp³-hybridized carbons (Fsp3) is 0.429. The van der Waals surface area contributed by atoms with Gasteiger partial charge in [0.1, 0.15) is 5.82 Å². The van der Waals surface area contributed by atoms with Gasteiger partial charge >= 0.3 is 5.97 Å². The highest BCUT2D eigenvalue weighted by atomic mass is 16.4. The molecule has 1 rings (SSSR count). The molecular formula is C7H11N3O2. The molecule has 1 aromatic heterocycles. The van der Waals surface area contributed by atoms with Crippen molar-refractivity contribution in [2.75, 3.05) is 12.4 Å². The summed E-state index contributed by atoms with van der Waals surface area (Å²) in [5, 5.41) is 15.4. The molecule has 0 radical (unpaired) electrons. The van der Waals surface area contributed by atoms with Gasteiger partial charge in [-0.1, -0.05) is 0 Å². The molecule has 0 saturated carbocycles. The Balaban J connectivity index is 2.84. The predicted octanol–water partition coefficient (Wildman–Crippen LogP) is 0.0889. The molecule has 0 aromatic carbocycles. The van der Waals surface area contributed by atoms with E-state index in [1.165, 1.54) is 0 Å². The quantitative estimate of drug-likeness (QED) is 0.672. The minimum Gasteiger partial charge on any atom is -0.481 e. The summed E-state index contributed by atoms with van der Waals surface area (Å²) < 4.78 is 1.56. The second-order valence-electron chi connectivity index (χ2n) is 2.47. The molecule has 5 heteroatoms. The van der Waals surface area contributed by atoms with Crippen molar-refractivity contribution >= 4 is 11.8 Å². The van der Waals surface area contributed by atoms with Crippen molar-refractivity contribution in [3.63, 3.8) is 0 Å². The summed E-state index contributed by atoms with van der Waals surface area (Å²) in [6.07, 6.45) is 0.00514. The number of aryl methyl sites for hydroxylation is 1. The van der Waals surface area contributed by atoms with E-state index in [9.17, 15) is 4.79 Å². The van der Waals surface area contributed by atoms with E-state index in [0.29, 0.717) is 11.5 Å². The van der Waals surface area contributed by atoms with Gasteiger partial charge in [0.15, 0.2) is 0 Å². The normalized spacial score (nSPS) is 9.83. The zero-order valence-corrected chi connectivity index (χ0v) is 7.03. The van der Waals surface area contributed by atoms with Crippen molar-refractivity contribution in [3.8, 4) is 0 Å². The van der Waals surface area contributed by atoms with Gasteiger partial charge in [-0.2, -0.15) is 5.10 Å². The minimum absolute atomic E-state index is 0.00514. The molecule has 2 N–H and O–H groups in total. The van der Waals surface area contributed by atoms with Crippen molar-refractivity contribution in [2.45, 2.75) is 6.42 Å². The van der Waals surface area contributed by atoms with E-state index >= 15 is 0 Å². The first-order chi connectivity index (χ1) is 5.63. The second kappa shape index (κ2) is 3.25. The maximum atomic E-state index is 10.4. The SMILES string of the molecule is CNc1cc(CC(=O)O)n(C)n1. The van der Waals surface area contributed by atoms with E-state index in [2.05, 4.69) is 10.4 Å². The van der Waals surface area contributed by atoms with Crippen LogP contribution in [0.25, 0.3) is 0 Å². The van der Waals surface area contributed by atoms with Gasteiger partial charge in [-0.3, -0.25) is 9.48 Å². The molecular weight excluding hydrogens is 158 g/mol. The first kappa shape index (κ1) is 8.58. The monoisotopic (exact) mass is 169 g/mol. The van der Waals surface area contributed by atoms with Crippen molar-refractivity contribution in [1.82, 2.24) is 9.78 Å². The van der Waals surface area contributed by atoms with E-state index in [4.69, 9.17) is 5.11 Å². The maximum absolute atomic E-state index is 10.4. The molecule has 0 unspecified atom stereocenters. The average molecular weight is 169 g/mol. The lowest BCUT2D eigenvalue weighted by molar-refractivity contribution is -0.136. The van der Waals surface area contributed by atoms with E-state index in [1.54, 1.807) is 24.8 Å². The van der Waals surface area contributed by atoms with Crippen LogP contribution in [-0.2, 0) is 18.3 Å². The van der Waals surface area contributed by atoms with Gasteiger partial charge in [-0.05, 0) is 0 Å². The molecule has 1 aromatic rings. The number of nitrogens with zero attached hydrogens (tertiary/aromatic N) is 2. The van der Waals surface area contributed by atoms with Crippen LogP contribution < -0.4 is 5.32 Å². The molecule has 0 aliphatic carbocycles. The number of rotatable bonds is 3. The number of aromatic nitrogens is 2. The van der Waals surface area contributed by atoms with Crippen LogP contribution in [0.1, 0.15) is 5.69 Å². The van der Waals surface area contributed by atoms with Gasteiger partial charge in [0.2, 0.25) is 0 Å². The van der Waals surface area contributed by atoms with Crippen LogP contribution in [0.4, 0.5) is 5.82 Å². The van der Waals surface area contributed by atoms with Crippen LogP contribution in [0.2, 0.25) is 0 Å². The fourth-order valence-corrected chi connectivity index (χ4v) is 0.948. The zero-order valence-electron chi connectivity index (χ0n) is 7.03. The molecule has 0 fully saturated rings. The molecule has 12 heavy (non-hydrogen) atoms. The van der Waals surface area contributed by atoms with Crippen molar-refractivity contribution in [2.24, 2.45) is 7.05 Å². The maximum Gasteiger partial charge on any atom is 0.309 e. The van der Waals surface area contributed by atoms with Crippen LogP contribution >= 0.6 is 0 Å². The summed E-state index contributed by atoms with van der Waals surface area (Å²) >= 11 is 0. The van der Waals surface area contributed by atoms with E-state index in [-0.39, 0.29) is 6.42 Å². The molecule has 0 aliphatic heterocycles. The Bertz CT molecular complexity index is 293. The van der Waals surface area contributed by atoms with Gasteiger partial charge < -0.3 is 10.4 Å². The highest BCUT2D eigenvalue weighted by molar-refractivity contribution is 5.70. The van der Waals surface area contributed by atoms with E-state index in [0.717, 1.165) is 0 Å². The lowest BCUT2D eigenvalue weighted by Gasteiger charge is -1.94. The Morgan fingerprint density at radius 3 is 2.92 bits per heavy atom. The fourth-order valence-electron chi connectivity index (χ4n) is 0.948. The van der Waals surface area contributed by atoms with Crippen LogP contribution in [0.5, 0.6) is 0 Å². The van der Waals surface area contributed by atoms with Gasteiger partial charge in [0.05, 0.1) is 12.1 Å². The number of hydrogen-bond donors (Lipinski definition) is 2. The van der Waals surface area contributed by atoms with Gasteiger partial charge in [-0.25, -0.2) is 0 Å². The number of carbonyl (C=O) groups is 1. The first-order valence-electron chi connectivity index (χ1n) is 3.56. The molecule has 0 bridgehead atoms. The molecule has 0 atom stereocenters. The van der Waals surface area contributed by atoms with E-state index < -0.39 is 5.97 Å². The number of carboxylic acids is 1. The third kappa shape index (κ3) is 1.75. The lowest BCUT2D eigenvalue weighted by atomic mass is 10.3. The minimum atomic E-state index is -0.847. The summed E-state index contributed by atoms with van der Waals surface area (Å²) in [6.45, 7) is 0. The number of carboxylic acid groups (broad SMARTS) is 1. The number of aliphatic carboxylic acids is 1. The lowest BCUT2D eigenvalue weighted by Crippen LogP contribution is -2.05. The summed E-state index contributed by atoms with van der Waals surface area (Å²) in [7, 11) is 3.46. The third-order valence-electron chi connectivity index (χ3n) is 1.57. The number of hydrogen-bond acceptors (Lipinski definition) is 3. The van der Waals surface area contributed by atoms with Crippen LogP contribution in [0, 0.1) is 0 Å². The summed E-state index contributed by atoms with van der Waals surface area (Å²) in [4.78, 5) is 10.4. The van der Waals surface area contributed by atoms with Crippen molar-refractivity contribution < 1.29 is 9.90 Å². The van der Waals surface area contributed by atoms with Gasteiger partial charge in [0.25, 0.3) is 0 Å². The summed E-state index contributed by atoms with van der Waals surface area (Å²) in [5.41, 5.74) is 0.687. The Morgan fingerprint density at radius 2 is 2.50 bits per heavy atom. The molecule has 0 amide bonds. The molecule has 5 nitrogen and oxygen atoms in total. The predicted molar refractivity (Wildman–Crippen MR) is 44.1 cm³/mol. The number of anilines is 1. The highest BCUT2D eigenvalue weighted by Gasteiger charge is 2.06.